The van der Waals surface area contributed by atoms with Gasteiger partial charge in [-0.2, -0.15) is 0 Å². The molecule has 0 aliphatic heterocycles. The Bertz CT molecular complexity index is 568. The molecule has 19 heavy (non-hydrogen) atoms. The number of unbranched alkanes of at least 4 members (excludes halogenated alkanes) is 2. The largest absolute Gasteiger partial charge is 0.396 e. The van der Waals surface area contributed by atoms with E-state index >= 15 is 0 Å². The zero-order valence-electron chi connectivity index (χ0n) is 10.9. The lowest BCUT2D eigenvalue weighted by Gasteiger charge is -2.03. The molecule has 0 saturated carbocycles. The van der Waals surface area contributed by atoms with E-state index < -0.39 is 0 Å². The van der Waals surface area contributed by atoms with E-state index in [4.69, 9.17) is 5.11 Å². The molecule has 5 heteroatoms. The first kappa shape index (κ1) is 13.3. The third-order valence-electron chi connectivity index (χ3n) is 3.51. The van der Waals surface area contributed by atoms with Crippen molar-refractivity contribution in [3.05, 3.63) is 16.8 Å². The van der Waals surface area contributed by atoms with E-state index in [-0.39, 0.29) is 0 Å². The molecule has 2 heterocycles. The summed E-state index contributed by atoms with van der Waals surface area (Å²) in [6, 6.07) is 0. The second-order valence-corrected chi connectivity index (χ2v) is 7.02. The highest BCUT2D eigenvalue weighted by atomic mass is 32.2. The SMILES string of the molecule is OCCCCCSc1ncnc2sc3c(c12)CCC3. The van der Waals surface area contributed by atoms with Crippen LogP contribution in [0.15, 0.2) is 11.4 Å². The first-order chi connectivity index (χ1) is 9.40. The monoisotopic (exact) mass is 294 g/mol. The molecule has 102 valence electrons. The minimum atomic E-state index is 0.306. The molecule has 0 atom stereocenters. The number of hydrogen-bond acceptors (Lipinski definition) is 5. The molecule has 2 aromatic heterocycles. The van der Waals surface area contributed by atoms with Gasteiger partial charge in [-0.05, 0) is 43.4 Å². The van der Waals surface area contributed by atoms with Gasteiger partial charge in [-0.15, -0.1) is 23.1 Å². The Morgan fingerprint density at radius 3 is 3.05 bits per heavy atom. The van der Waals surface area contributed by atoms with Gasteiger partial charge in [-0.1, -0.05) is 6.42 Å². The average molecular weight is 294 g/mol. The van der Waals surface area contributed by atoms with Gasteiger partial charge >= 0.3 is 0 Å². The number of fused-ring (bicyclic) bond motifs is 3. The highest BCUT2D eigenvalue weighted by molar-refractivity contribution is 7.99. The molecule has 0 unspecified atom stereocenters. The summed E-state index contributed by atoms with van der Waals surface area (Å²) in [7, 11) is 0. The van der Waals surface area contributed by atoms with Gasteiger partial charge in [0.15, 0.2) is 0 Å². The van der Waals surface area contributed by atoms with Crippen LogP contribution >= 0.6 is 23.1 Å². The summed E-state index contributed by atoms with van der Waals surface area (Å²) in [4.78, 5) is 11.6. The number of aliphatic hydroxyl groups is 1. The van der Waals surface area contributed by atoms with Crippen molar-refractivity contribution >= 4 is 33.3 Å². The highest BCUT2D eigenvalue weighted by Gasteiger charge is 2.20. The van der Waals surface area contributed by atoms with Gasteiger partial charge in [-0.3, -0.25) is 0 Å². The number of thioether (sulfide) groups is 1. The van der Waals surface area contributed by atoms with Crippen LogP contribution in [0.5, 0.6) is 0 Å². The molecule has 0 bridgehead atoms. The van der Waals surface area contributed by atoms with E-state index in [9.17, 15) is 0 Å². The molecule has 0 aromatic carbocycles. The Balaban J connectivity index is 1.75. The summed E-state index contributed by atoms with van der Waals surface area (Å²) in [5.74, 6) is 1.08. The topological polar surface area (TPSA) is 46.0 Å². The van der Waals surface area contributed by atoms with E-state index in [0.717, 1.165) is 34.9 Å². The van der Waals surface area contributed by atoms with Gasteiger partial charge in [0.1, 0.15) is 16.2 Å². The zero-order chi connectivity index (χ0) is 13.1. The Morgan fingerprint density at radius 1 is 1.21 bits per heavy atom. The van der Waals surface area contributed by atoms with E-state index in [1.54, 1.807) is 6.33 Å². The highest BCUT2D eigenvalue weighted by Crippen LogP contribution is 2.40. The number of aliphatic hydroxyl groups excluding tert-OH is 1. The van der Waals surface area contributed by atoms with Gasteiger partial charge in [0.25, 0.3) is 0 Å². The fourth-order valence-electron chi connectivity index (χ4n) is 2.57. The third kappa shape index (κ3) is 2.78. The summed E-state index contributed by atoms with van der Waals surface area (Å²) in [5, 5.41) is 11.3. The molecule has 2 aromatic rings. The quantitative estimate of drug-likeness (QED) is 0.503. The summed E-state index contributed by atoms with van der Waals surface area (Å²) in [6.07, 6.45) is 8.55. The maximum absolute atomic E-state index is 8.78. The fraction of sp³-hybridized carbons (Fsp3) is 0.571. The molecule has 3 nitrogen and oxygen atoms in total. The maximum Gasteiger partial charge on any atom is 0.128 e. The van der Waals surface area contributed by atoms with E-state index in [1.165, 1.54) is 35.1 Å². The van der Waals surface area contributed by atoms with Crippen molar-refractivity contribution in [2.45, 2.75) is 43.6 Å². The van der Waals surface area contributed by atoms with Crippen molar-refractivity contribution in [1.29, 1.82) is 0 Å². The van der Waals surface area contributed by atoms with Gasteiger partial charge in [-0.25, -0.2) is 9.97 Å². The van der Waals surface area contributed by atoms with Crippen LogP contribution in [0.25, 0.3) is 10.2 Å². The fourth-order valence-corrected chi connectivity index (χ4v) is 4.89. The Hall–Kier alpha value is -0.650. The summed E-state index contributed by atoms with van der Waals surface area (Å²) in [5.41, 5.74) is 1.51. The standard InChI is InChI=1S/C14H18N2OS2/c17-7-2-1-3-8-18-13-12-10-5-4-6-11(10)19-14(12)16-9-15-13/h9,17H,1-8H2. The molecule has 0 fully saturated rings. The normalized spacial score (nSPS) is 14.2. The maximum atomic E-state index is 8.78. The molecule has 3 rings (SSSR count). The number of aryl methyl sites for hydroxylation is 2. The average Bonchev–Trinajstić information content (AvgIpc) is 2.98. The van der Waals surface area contributed by atoms with E-state index in [2.05, 4.69) is 9.97 Å². The first-order valence-electron chi connectivity index (χ1n) is 6.89. The van der Waals surface area contributed by atoms with Gasteiger partial charge in [0.05, 0.1) is 0 Å². The molecule has 1 N–H and O–H groups in total. The van der Waals surface area contributed by atoms with Gasteiger partial charge < -0.3 is 5.11 Å². The van der Waals surface area contributed by atoms with Gasteiger partial charge in [0, 0.05) is 16.9 Å². The number of aromatic nitrogens is 2. The molecule has 1 aliphatic rings. The molecule has 1 aliphatic carbocycles. The van der Waals surface area contributed by atoms with Crippen molar-refractivity contribution in [2.24, 2.45) is 0 Å². The van der Waals surface area contributed by atoms with Crippen LogP contribution in [-0.2, 0) is 12.8 Å². The Labute approximate surface area is 121 Å². The number of nitrogens with zero attached hydrogens (tertiary/aromatic N) is 2. The van der Waals surface area contributed by atoms with Crippen LogP contribution in [0.3, 0.4) is 0 Å². The number of rotatable bonds is 6. The molecule has 0 radical (unpaired) electrons. The smallest absolute Gasteiger partial charge is 0.128 e. The first-order valence-corrected chi connectivity index (χ1v) is 8.69. The van der Waals surface area contributed by atoms with Crippen LogP contribution in [0.1, 0.15) is 36.1 Å². The summed E-state index contributed by atoms with van der Waals surface area (Å²) >= 11 is 3.70. The van der Waals surface area contributed by atoms with Crippen molar-refractivity contribution in [3.63, 3.8) is 0 Å². The third-order valence-corrected chi connectivity index (χ3v) is 5.78. The van der Waals surface area contributed by atoms with Crippen LogP contribution < -0.4 is 0 Å². The Morgan fingerprint density at radius 2 is 2.16 bits per heavy atom. The lowest BCUT2D eigenvalue weighted by atomic mass is 10.2. The predicted molar refractivity (Wildman–Crippen MR) is 81.1 cm³/mol. The van der Waals surface area contributed by atoms with Crippen LogP contribution in [0.2, 0.25) is 0 Å². The second-order valence-electron chi connectivity index (χ2n) is 4.85. The molecule has 0 spiro atoms. The summed E-state index contributed by atoms with van der Waals surface area (Å²) < 4.78 is 0. The molecule has 0 saturated heterocycles. The molecular formula is C14H18N2OS2. The van der Waals surface area contributed by atoms with Gasteiger partial charge in [0.2, 0.25) is 0 Å². The molecular weight excluding hydrogens is 276 g/mol. The lowest BCUT2D eigenvalue weighted by molar-refractivity contribution is 0.284. The lowest BCUT2D eigenvalue weighted by Crippen LogP contribution is -1.89. The predicted octanol–water partition coefficient (Wildman–Crippen LogP) is 3.43. The zero-order valence-corrected chi connectivity index (χ0v) is 12.5. The van der Waals surface area contributed by atoms with Crippen molar-refractivity contribution in [3.8, 4) is 0 Å². The van der Waals surface area contributed by atoms with Crippen LogP contribution in [0.4, 0.5) is 0 Å². The van der Waals surface area contributed by atoms with Crippen molar-refractivity contribution in [1.82, 2.24) is 9.97 Å². The van der Waals surface area contributed by atoms with E-state index in [1.807, 2.05) is 23.1 Å². The van der Waals surface area contributed by atoms with Crippen molar-refractivity contribution < 1.29 is 5.11 Å². The van der Waals surface area contributed by atoms with Crippen LogP contribution in [0, 0.1) is 0 Å². The van der Waals surface area contributed by atoms with E-state index in [0.29, 0.717) is 6.61 Å². The summed E-state index contributed by atoms with van der Waals surface area (Å²) in [6.45, 7) is 0.306. The second kappa shape index (κ2) is 6.20. The molecule has 0 amide bonds. The Kier molecular flexibility index (Phi) is 4.35. The minimum Gasteiger partial charge on any atom is -0.396 e. The van der Waals surface area contributed by atoms with Crippen LogP contribution in [-0.4, -0.2) is 27.4 Å². The minimum absolute atomic E-state index is 0.306. The van der Waals surface area contributed by atoms with Crippen molar-refractivity contribution in [2.75, 3.05) is 12.4 Å². The number of thiophene rings is 1. The number of hydrogen-bond donors (Lipinski definition) is 1.